The van der Waals surface area contributed by atoms with Crippen LogP contribution in [0.2, 0.25) is 0 Å². The summed E-state index contributed by atoms with van der Waals surface area (Å²) in [6, 6.07) is 3.97. The number of nitrogens with one attached hydrogen (secondary N) is 1. The number of rotatable bonds is 4. The maximum absolute atomic E-state index is 13.3. The van der Waals surface area contributed by atoms with E-state index >= 15 is 0 Å². The fraction of sp³-hybridized carbons (Fsp3) is 0.412. The van der Waals surface area contributed by atoms with E-state index in [1.165, 1.54) is 19.1 Å². The van der Waals surface area contributed by atoms with Gasteiger partial charge in [0.05, 0.1) is 12.7 Å². The van der Waals surface area contributed by atoms with E-state index < -0.39 is 6.04 Å². The van der Waals surface area contributed by atoms with E-state index in [1.54, 1.807) is 28.8 Å². The van der Waals surface area contributed by atoms with E-state index in [0.29, 0.717) is 18.7 Å². The lowest BCUT2D eigenvalue weighted by Crippen LogP contribution is -2.42. The van der Waals surface area contributed by atoms with Crippen LogP contribution in [0.25, 0.3) is 0 Å². The van der Waals surface area contributed by atoms with E-state index in [9.17, 15) is 14.0 Å². The summed E-state index contributed by atoms with van der Waals surface area (Å²) >= 11 is 0. The van der Waals surface area contributed by atoms with Gasteiger partial charge in [-0.1, -0.05) is 5.21 Å². The molecule has 0 saturated carbocycles. The topological polar surface area (TPSA) is 80.1 Å². The normalized spacial score (nSPS) is 17.6. The number of aryl methyl sites for hydroxylation is 1. The molecule has 1 unspecified atom stereocenters. The highest BCUT2D eigenvalue weighted by Gasteiger charge is 2.32. The van der Waals surface area contributed by atoms with Gasteiger partial charge in [0.15, 0.2) is 0 Å². The molecule has 1 atom stereocenters. The molecule has 0 radical (unpaired) electrons. The zero-order valence-electron chi connectivity index (χ0n) is 14.2. The van der Waals surface area contributed by atoms with Crippen molar-refractivity contribution in [3.8, 4) is 0 Å². The Balaban J connectivity index is 1.79. The Kier molecular flexibility index (Phi) is 4.78. The third-order valence-electron chi connectivity index (χ3n) is 4.26. The largest absolute Gasteiger partial charge is 0.351 e. The summed E-state index contributed by atoms with van der Waals surface area (Å²) < 4.78 is 14.9. The first kappa shape index (κ1) is 17.1. The maximum Gasteiger partial charge on any atom is 0.251 e. The Morgan fingerprint density at radius 1 is 1.44 bits per heavy atom. The van der Waals surface area contributed by atoms with Crippen molar-refractivity contribution in [2.45, 2.75) is 39.3 Å². The summed E-state index contributed by atoms with van der Waals surface area (Å²) in [6.45, 7) is 4.08. The number of amides is 2. The van der Waals surface area contributed by atoms with Crippen molar-refractivity contribution in [2.75, 3.05) is 11.4 Å². The summed E-state index contributed by atoms with van der Waals surface area (Å²) in [6.07, 6.45) is 3.16. The van der Waals surface area contributed by atoms with E-state index in [-0.39, 0.29) is 24.2 Å². The molecule has 25 heavy (non-hydrogen) atoms. The van der Waals surface area contributed by atoms with Crippen molar-refractivity contribution >= 4 is 17.5 Å². The van der Waals surface area contributed by atoms with Crippen molar-refractivity contribution in [1.29, 1.82) is 0 Å². The second-order valence-electron chi connectivity index (χ2n) is 6.18. The molecule has 3 rings (SSSR count). The zero-order valence-corrected chi connectivity index (χ0v) is 14.2. The second-order valence-corrected chi connectivity index (χ2v) is 6.18. The van der Waals surface area contributed by atoms with Crippen LogP contribution in [0.3, 0.4) is 0 Å². The minimum Gasteiger partial charge on any atom is -0.351 e. The molecule has 1 saturated heterocycles. The minimum atomic E-state index is -0.447. The Labute approximate surface area is 144 Å². The van der Waals surface area contributed by atoms with Crippen molar-refractivity contribution in [2.24, 2.45) is 0 Å². The van der Waals surface area contributed by atoms with E-state index in [1.807, 2.05) is 0 Å². The lowest BCUT2D eigenvalue weighted by molar-refractivity contribution is -0.123. The molecule has 2 aromatic rings. The highest BCUT2D eigenvalue weighted by Crippen LogP contribution is 2.29. The number of carbonyl (C=O) groups excluding carboxylic acids is 2. The van der Waals surface area contributed by atoms with Crippen LogP contribution in [-0.2, 0) is 16.1 Å². The van der Waals surface area contributed by atoms with E-state index in [0.717, 1.165) is 17.7 Å². The van der Waals surface area contributed by atoms with Crippen LogP contribution >= 0.6 is 0 Å². The number of hydrogen-bond donors (Lipinski definition) is 1. The molecule has 0 spiro atoms. The molecule has 0 aliphatic carbocycles. The second kappa shape index (κ2) is 7.00. The van der Waals surface area contributed by atoms with Gasteiger partial charge in [0.25, 0.3) is 5.91 Å². The summed E-state index contributed by atoms with van der Waals surface area (Å²) in [7, 11) is 0. The Hall–Kier alpha value is -2.77. The van der Waals surface area contributed by atoms with Gasteiger partial charge in [-0.05, 0) is 43.5 Å². The van der Waals surface area contributed by atoms with Crippen molar-refractivity contribution in [1.82, 2.24) is 20.3 Å². The number of piperidine rings is 1. The molecule has 1 fully saturated rings. The lowest BCUT2D eigenvalue weighted by atomic mass is 10.0. The molecule has 1 aliphatic rings. The van der Waals surface area contributed by atoms with E-state index in [2.05, 4.69) is 15.6 Å². The van der Waals surface area contributed by atoms with Crippen molar-refractivity contribution in [3.63, 3.8) is 0 Å². The number of carbonyl (C=O) groups is 2. The first-order valence-corrected chi connectivity index (χ1v) is 8.18. The highest BCUT2D eigenvalue weighted by atomic mass is 19.1. The van der Waals surface area contributed by atoms with Gasteiger partial charge in [-0.3, -0.25) is 9.59 Å². The van der Waals surface area contributed by atoms with Crippen LogP contribution in [0.4, 0.5) is 10.1 Å². The molecular formula is C17H20FN5O2. The van der Waals surface area contributed by atoms with Gasteiger partial charge in [0, 0.05) is 19.2 Å². The number of benzene rings is 1. The lowest BCUT2D eigenvalue weighted by Gasteiger charge is -2.33. The SMILES string of the molecule is CC(=O)NCc1cn(C2CCCN(c3ccc(F)cc3C)C2=O)nn1. The maximum atomic E-state index is 13.3. The van der Waals surface area contributed by atoms with Gasteiger partial charge >= 0.3 is 0 Å². The molecule has 2 heterocycles. The van der Waals surface area contributed by atoms with Gasteiger partial charge < -0.3 is 10.2 Å². The van der Waals surface area contributed by atoms with E-state index in [4.69, 9.17) is 0 Å². The molecule has 2 amide bonds. The quantitative estimate of drug-likeness (QED) is 0.915. The fourth-order valence-electron chi connectivity index (χ4n) is 3.02. The monoisotopic (exact) mass is 345 g/mol. The fourth-order valence-corrected chi connectivity index (χ4v) is 3.02. The molecule has 7 nitrogen and oxygen atoms in total. The third-order valence-corrected chi connectivity index (χ3v) is 4.26. The predicted octanol–water partition coefficient (Wildman–Crippen LogP) is 1.73. The van der Waals surface area contributed by atoms with Gasteiger partial charge in [-0.25, -0.2) is 9.07 Å². The first-order valence-electron chi connectivity index (χ1n) is 8.18. The molecule has 1 N–H and O–H groups in total. The number of aromatic nitrogens is 3. The standard InChI is InChI=1S/C17H20FN5O2/c1-11-8-13(18)5-6-15(11)22-7-3-4-16(17(22)25)23-10-14(20-21-23)9-19-12(2)24/h5-6,8,10,16H,3-4,7,9H2,1-2H3,(H,19,24). The van der Waals surface area contributed by atoms with Gasteiger partial charge in [-0.15, -0.1) is 5.10 Å². The van der Waals surface area contributed by atoms with Crippen molar-refractivity contribution in [3.05, 3.63) is 41.5 Å². The average molecular weight is 345 g/mol. The molecule has 0 bridgehead atoms. The summed E-state index contributed by atoms with van der Waals surface area (Å²) in [5.74, 6) is -0.556. The number of hydrogen-bond acceptors (Lipinski definition) is 4. The predicted molar refractivity (Wildman–Crippen MR) is 89.3 cm³/mol. The van der Waals surface area contributed by atoms with Crippen LogP contribution in [-0.4, -0.2) is 33.4 Å². The number of nitrogens with zero attached hydrogens (tertiary/aromatic N) is 4. The smallest absolute Gasteiger partial charge is 0.251 e. The molecule has 1 aromatic carbocycles. The van der Waals surface area contributed by atoms with Gasteiger partial charge in [0.2, 0.25) is 5.91 Å². The third kappa shape index (κ3) is 3.67. The van der Waals surface area contributed by atoms with Crippen LogP contribution in [0.15, 0.2) is 24.4 Å². The summed E-state index contributed by atoms with van der Waals surface area (Å²) in [5, 5.41) is 10.7. The minimum absolute atomic E-state index is 0.0862. The summed E-state index contributed by atoms with van der Waals surface area (Å²) in [4.78, 5) is 25.6. The zero-order chi connectivity index (χ0) is 18.0. The van der Waals surface area contributed by atoms with Crippen LogP contribution < -0.4 is 10.2 Å². The summed E-state index contributed by atoms with van der Waals surface area (Å²) in [5.41, 5.74) is 2.03. The molecular weight excluding hydrogens is 325 g/mol. The Morgan fingerprint density at radius 2 is 2.24 bits per heavy atom. The number of halogens is 1. The van der Waals surface area contributed by atoms with Crippen LogP contribution in [0.5, 0.6) is 0 Å². The molecule has 1 aromatic heterocycles. The number of anilines is 1. The van der Waals surface area contributed by atoms with Crippen LogP contribution in [0, 0.1) is 12.7 Å². The highest BCUT2D eigenvalue weighted by molar-refractivity contribution is 5.97. The van der Waals surface area contributed by atoms with Gasteiger partial charge in [-0.2, -0.15) is 0 Å². The first-order chi connectivity index (χ1) is 12.0. The van der Waals surface area contributed by atoms with Crippen molar-refractivity contribution < 1.29 is 14.0 Å². The van der Waals surface area contributed by atoms with Gasteiger partial charge in [0.1, 0.15) is 17.6 Å². The molecule has 1 aliphatic heterocycles. The Bertz CT molecular complexity index is 804. The average Bonchev–Trinajstić information content (AvgIpc) is 3.02. The van der Waals surface area contributed by atoms with Crippen LogP contribution in [0.1, 0.15) is 37.1 Å². The molecule has 8 heteroatoms. The molecule has 132 valence electrons. The Morgan fingerprint density at radius 3 is 2.96 bits per heavy atom.